The molecule has 130 valence electrons. The Balaban J connectivity index is 2.72. The quantitative estimate of drug-likeness (QED) is 0.610. The molecule has 1 amide bonds. The number of nitrogens with zero attached hydrogens (tertiary/aromatic N) is 1. The van der Waals surface area contributed by atoms with Gasteiger partial charge in [-0.25, -0.2) is 4.79 Å². The number of halogens is 3. The topological polar surface area (TPSA) is 79.2 Å². The molecule has 0 aliphatic carbocycles. The molecule has 0 saturated carbocycles. The molecule has 0 aliphatic heterocycles. The van der Waals surface area contributed by atoms with Gasteiger partial charge in [0.1, 0.15) is 6.04 Å². The lowest BCUT2D eigenvalue weighted by Crippen LogP contribution is -2.42. The van der Waals surface area contributed by atoms with Gasteiger partial charge in [0.25, 0.3) is 0 Å². The van der Waals surface area contributed by atoms with E-state index in [0.29, 0.717) is 6.42 Å². The van der Waals surface area contributed by atoms with Crippen molar-refractivity contribution >= 4 is 11.9 Å². The minimum Gasteiger partial charge on any atom is -0.467 e. The van der Waals surface area contributed by atoms with Gasteiger partial charge in [0, 0.05) is 6.42 Å². The number of alkyl halides is 3. The maximum Gasteiger partial charge on any atom is 0.416 e. The van der Waals surface area contributed by atoms with E-state index in [1.807, 2.05) is 6.07 Å². The molecule has 5 nitrogen and oxygen atoms in total. The molecular weight excluding hydrogens is 325 g/mol. The van der Waals surface area contributed by atoms with Crippen LogP contribution in [-0.4, -0.2) is 25.0 Å². The third-order valence-electron chi connectivity index (χ3n) is 3.22. The average Bonchev–Trinajstić information content (AvgIpc) is 2.52. The molecule has 0 spiro atoms. The van der Waals surface area contributed by atoms with Crippen LogP contribution in [0.25, 0.3) is 0 Å². The van der Waals surface area contributed by atoms with E-state index in [4.69, 9.17) is 5.26 Å². The number of carbonyl (C=O) groups excluding carboxylic acids is 2. The Morgan fingerprint density at radius 1 is 1.38 bits per heavy atom. The van der Waals surface area contributed by atoms with Gasteiger partial charge >= 0.3 is 12.1 Å². The predicted octanol–water partition coefficient (Wildman–Crippen LogP) is 2.60. The summed E-state index contributed by atoms with van der Waals surface area (Å²) in [4.78, 5) is 23.6. The summed E-state index contributed by atoms with van der Waals surface area (Å²) >= 11 is 0. The van der Waals surface area contributed by atoms with Crippen LogP contribution in [0.4, 0.5) is 13.2 Å². The highest BCUT2D eigenvalue weighted by atomic mass is 19.4. The number of ether oxygens (including phenoxy) is 1. The number of esters is 1. The molecule has 1 atom stereocenters. The van der Waals surface area contributed by atoms with Gasteiger partial charge in [0.2, 0.25) is 5.91 Å². The Morgan fingerprint density at radius 2 is 2.08 bits per heavy atom. The van der Waals surface area contributed by atoms with E-state index >= 15 is 0 Å². The summed E-state index contributed by atoms with van der Waals surface area (Å²) in [6.07, 6.45) is -3.96. The summed E-state index contributed by atoms with van der Waals surface area (Å²) < 4.78 is 42.5. The number of hydrogen-bond acceptors (Lipinski definition) is 4. The van der Waals surface area contributed by atoms with Gasteiger partial charge in [-0.3, -0.25) is 4.79 Å². The third-order valence-corrected chi connectivity index (χ3v) is 3.22. The number of benzene rings is 1. The molecule has 0 fully saturated rings. The summed E-state index contributed by atoms with van der Waals surface area (Å²) in [6, 6.07) is 5.42. The van der Waals surface area contributed by atoms with Crippen molar-refractivity contribution in [1.29, 1.82) is 5.26 Å². The standard InChI is InChI=1S/C16H17F3N2O3/c1-24-15(23)13(7-2-3-8-20)21-14(22)10-11-5-4-6-12(9-11)16(17,18)19/h4-6,9,13H,2-3,7,10H2,1H3,(H,21,22)/t13-/m1/s1. The van der Waals surface area contributed by atoms with Gasteiger partial charge in [-0.05, 0) is 24.5 Å². The summed E-state index contributed by atoms with van der Waals surface area (Å²) in [5.41, 5.74) is -0.658. The number of methoxy groups -OCH3 is 1. The number of nitrogens with one attached hydrogen (secondary N) is 1. The number of carbonyl (C=O) groups is 2. The van der Waals surface area contributed by atoms with Crippen LogP contribution in [0.15, 0.2) is 24.3 Å². The van der Waals surface area contributed by atoms with Crippen molar-refractivity contribution in [3.8, 4) is 6.07 Å². The van der Waals surface area contributed by atoms with Crippen molar-refractivity contribution in [1.82, 2.24) is 5.32 Å². The number of unbranched alkanes of at least 4 members (excludes halogenated alkanes) is 1. The smallest absolute Gasteiger partial charge is 0.416 e. The molecule has 0 aliphatic rings. The van der Waals surface area contributed by atoms with Crippen LogP contribution >= 0.6 is 0 Å². The zero-order valence-electron chi connectivity index (χ0n) is 13.0. The fourth-order valence-corrected chi connectivity index (χ4v) is 2.06. The van der Waals surface area contributed by atoms with Crippen molar-refractivity contribution in [2.75, 3.05) is 7.11 Å². The third kappa shape index (κ3) is 6.28. The lowest BCUT2D eigenvalue weighted by molar-refractivity contribution is -0.145. The monoisotopic (exact) mass is 342 g/mol. The van der Waals surface area contributed by atoms with Crippen molar-refractivity contribution < 1.29 is 27.5 Å². The molecule has 0 radical (unpaired) electrons. The highest BCUT2D eigenvalue weighted by Crippen LogP contribution is 2.29. The second-order valence-electron chi connectivity index (χ2n) is 5.07. The van der Waals surface area contributed by atoms with E-state index in [1.54, 1.807) is 0 Å². The number of hydrogen-bond donors (Lipinski definition) is 1. The second-order valence-corrected chi connectivity index (χ2v) is 5.07. The normalized spacial score (nSPS) is 12.1. The highest BCUT2D eigenvalue weighted by molar-refractivity contribution is 5.85. The maximum absolute atomic E-state index is 12.7. The zero-order valence-corrected chi connectivity index (χ0v) is 13.0. The van der Waals surface area contributed by atoms with Crippen molar-refractivity contribution in [3.05, 3.63) is 35.4 Å². The molecule has 1 aromatic rings. The molecular formula is C16H17F3N2O3. The van der Waals surface area contributed by atoms with Gasteiger partial charge in [0.15, 0.2) is 0 Å². The fourth-order valence-electron chi connectivity index (χ4n) is 2.06. The SMILES string of the molecule is COC(=O)[C@@H](CCCC#N)NC(=O)Cc1cccc(C(F)(F)F)c1. The molecule has 1 aromatic carbocycles. The molecule has 0 heterocycles. The maximum atomic E-state index is 12.7. The van der Waals surface area contributed by atoms with E-state index in [9.17, 15) is 22.8 Å². The van der Waals surface area contributed by atoms with Gasteiger partial charge in [0.05, 0.1) is 25.2 Å². The van der Waals surface area contributed by atoms with Crippen molar-refractivity contribution in [3.63, 3.8) is 0 Å². The molecule has 0 unspecified atom stereocenters. The first-order valence-corrected chi connectivity index (χ1v) is 7.18. The molecule has 0 saturated heterocycles. The average molecular weight is 342 g/mol. The Morgan fingerprint density at radius 3 is 2.67 bits per heavy atom. The van der Waals surface area contributed by atoms with Crippen molar-refractivity contribution in [2.24, 2.45) is 0 Å². The predicted molar refractivity (Wildman–Crippen MR) is 78.6 cm³/mol. The molecule has 8 heteroatoms. The minimum atomic E-state index is -4.49. The summed E-state index contributed by atoms with van der Waals surface area (Å²) in [5, 5.41) is 10.9. The Bertz CT molecular complexity index is 624. The molecule has 0 bridgehead atoms. The highest BCUT2D eigenvalue weighted by Gasteiger charge is 2.30. The lowest BCUT2D eigenvalue weighted by atomic mass is 10.1. The number of rotatable bonds is 7. The summed E-state index contributed by atoms with van der Waals surface area (Å²) in [5.74, 6) is -1.26. The van der Waals surface area contributed by atoms with Crippen LogP contribution in [0.2, 0.25) is 0 Å². The lowest BCUT2D eigenvalue weighted by Gasteiger charge is -2.16. The Hall–Kier alpha value is -2.56. The van der Waals surface area contributed by atoms with Crippen LogP contribution in [0.3, 0.4) is 0 Å². The molecule has 1 N–H and O–H groups in total. The summed E-state index contributed by atoms with van der Waals surface area (Å²) in [7, 11) is 1.17. The van der Waals surface area contributed by atoms with E-state index in [1.165, 1.54) is 19.2 Å². The number of nitriles is 1. The first-order chi connectivity index (χ1) is 11.3. The Labute approximate surface area is 137 Å². The van der Waals surface area contributed by atoms with Crippen LogP contribution in [0.1, 0.15) is 30.4 Å². The van der Waals surface area contributed by atoms with E-state index in [0.717, 1.165) is 12.1 Å². The zero-order chi connectivity index (χ0) is 18.2. The number of amides is 1. The van der Waals surface area contributed by atoms with Crippen molar-refractivity contribution in [2.45, 2.75) is 37.9 Å². The van der Waals surface area contributed by atoms with E-state index in [2.05, 4.69) is 10.1 Å². The molecule has 0 aromatic heterocycles. The van der Waals surface area contributed by atoms with Gasteiger partial charge in [-0.15, -0.1) is 0 Å². The molecule has 24 heavy (non-hydrogen) atoms. The van der Waals surface area contributed by atoms with Crippen LogP contribution in [0.5, 0.6) is 0 Å². The van der Waals surface area contributed by atoms with Crippen LogP contribution in [0, 0.1) is 11.3 Å². The van der Waals surface area contributed by atoms with E-state index in [-0.39, 0.29) is 24.8 Å². The molecule has 1 rings (SSSR count). The second kappa shape index (κ2) is 8.91. The summed E-state index contributed by atoms with van der Waals surface area (Å²) in [6.45, 7) is 0. The van der Waals surface area contributed by atoms with Gasteiger partial charge < -0.3 is 10.1 Å². The van der Waals surface area contributed by atoms with Gasteiger partial charge in [-0.2, -0.15) is 18.4 Å². The van der Waals surface area contributed by atoms with E-state index < -0.39 is 29.7 Å². The first-order valence-electron chi connectivity index (χ1n) is 7.18. The van der Waals surface area contributed by atoms with Crippen LogP contribution < -0.4 is 5.32 Å². The first kappa shape index (κ1) is 19.5. The fraction of sp³-hybridized carbons (Fsp3) is 0.438. The van der Waals surface area contributed by atoms with Crippen LogP contribution in [-0.2, 0) is 26.9 Å². The van der Waals surface area contributed by atoms with Gasteiger partial charge in [-0.1, -0.05) is 18.2 Å². The Kier molecular flexibility index (Phi) is 7.24. The largest absolute Gasteiger partial charge is 0.467 e. The minimum absolute atomic E-state index is 0.183.